The van der Waals surface area contributed by atoms with E-state index < -0.39 is 0 Å². The highest BCUT2D eigenvalue weighted by Gasteiger charge is 2.16. The summed E-state index contributed by atoms with van der Waals surface area (Å²) in [5.74, 6) is 0. The molecular weight excluding hydrogens is 348 g/mol. The smallest absolute Gasteiger partial charge is 0.0649 e. The van der Waals surface area contributed by atoms with E-state index in [1.54, 1.807) is 0 Å². The number of piperidine rings is 1. The minimum Gasteiger partial charge on any atom is -0.393 e. The van der Waals surface area contributed by atoms with Gasteiger partial charge in [0.25, 0.3) is 0 Å². The maximum absolute atomic E-state index is 9.56. The van der Waals surface area contributed by atoms with Gasteiger partial charge in [-0.05, 0) is 70.5 Å². The van der Waals surface area contributed by atoms with Gasteiger partial charge in [-0.3, -0.25) is 0 Å². The van der Waals surface area contributed by atoms with Crippen LogP contribution in [0.4, 0.5) is 0 Å². The van der Waals surface area contributed by atoms with Crippen molar-refractivity contribution in [1.82, 2.24) is 20.0 Å². The van der Waals surface area contributed by atoms with Crippen LogP contribution in [0, 0.1) is 13.8 Å². The number of nitrogens with one attached hydrogen (secondary N) is 1. The average molecular weight is 377 g/mol. The fraction of sp³-hybridized carbons (Fsp3) is 0.550. The van der Waals surface area contributed by atoms with Crippen molar-refractivity contribution in [2.24, 2.45) is 0 Å². The van der Waals surface area contributed by atoms with Gasteiger partial charge in [0.05, 0.1) is 17.5 Å². The lowest BCUT2D eigenvalue weighted by molar-refractivity contribution is 0.0821. The molecule has 3 rings (SSSR count). The van der Waals surface area contributed by atoms with Gasteiger partial charge in [-0.1, -0.05) is 11.6 Å². The van der Waals surface area contributed by atoms with Crippen molar-refractivity contribution in [2.45, 2.75) is 45.8 Å². The Labute approximate surface area is 161 Å². The SMILES string of the molecule is Cc1nn(-c2ccc(Cl)cc2)c(C)c1CNCCCN1CCC(O)CC1. The summed E-state index contributed by atoms with van der Waals surface area (Å²) in [6, 6.07) is 7.78. The Morgan fingerprint density at radius 3 is 2.58 bits per heavy atom. The van der Waals surface area contributed by atoms with Gasteiger partial charge in [-0.25, -0.2) is 4.68 Å². The summed E-state index contributed by atoms with van der Waals surface area (Å²) in [5.41, 5.74) is 4.53. The van der Waals surface area contributed by atoms with E-state index in [1.165, 1.54) is 11.3 Å². The Hall–Kier alpha value is -1.40. The number of nitrogens with zero attached hydrogens (tertiary/aromatic N) is 3. The van der Waals surface area contributed by atoms with Crippen LogP contribution in [0.2, 0.25) is 5.02 Å². The topological polar surface area (TPSA) is 53.3 Å². The van der Waals surface area contributed by atoms with Crippen LogP contribution in [-0.4, -0.2) is 52.1 Å². The van der Waals surface area contributed by atoms with Crippen LogP contribution in [0.5, 0.6) is 0 Å². The Kier molecular flexibility index (Phi) is 6.70. The molecule has 6 heteroatoms. The lowest BCUT2D eigenvalue weighted by Crippen LogP contribution is -2.37. The monoisotopic (exact) mass is 376 g/mol. The molecule has 5 nitrogen and oxygen atoms in total. The van der Waals surface area contributed by atoms with Gasteiger partial charge in [-0.2, -0.15) is 5.10 Å². The second-order valence-electron chi connectivity index (χ2n) is 7.14. The molecule has 0 aliphatic carbocycles. The first-order chi connectivity index (χ1) is 12.5. The fourth-order valence-corrected chi connectivity index (χ4v) is 3.67. The molecule has 26 heavy (non-hydrogen) atoms. The molecule has 0 saturated carbocycles. The first-order valence-electron chi connectivity index (χ1n) is 9.47. The number of aromatic nitrogens is 2. The predicted octanol–water partition coefficient (Wildman–Crippen LogP) is 3.08. The summed E-state index contributed by atoms with van der Waals surface area (Å²) in [7, 11) is 0. The fourth-order valence-electron chi connectivity index (χ4n) is 3.55. The Balaban J connectivity index is 1.48. The first-order valence-corrected chi connectivity index (χ1v) is 9.84. The molecule has 2 aromatic rings. The summed E-state index contributed by atoms with van der Waals surface area (Å²) in [6.45, 7) is 9.15. The van der Waals surface area contributed by atoms with Crippen molar-refractivity contribution >= 4 is 11.6 Å². The van der Waals surface area contributed by atoms with Gasteiger partial charge >= 0.3 is 0 Å². The quantitative estimate of drug-likeness (QED) is 0.729. The van der Waals surface area contributed by atoms with Crippen LogP contribution >= 0.6 is 11.6 Å². The molecule has 1 saturated heterocycles. The molecule has 0 unspecified atom stereocenters. The summed E-state index contributed by atoms with van der Waals surface area (Å²) < 4.78 is 1.99. The van der Waals surface area contributed by atoms with Crippen molar-refractivity contribution in [2.75, 3.05) is 26.2 Å². The number of aliphatic hydroxyl groups excluding tert-OH is 1. The molecule has 142 valence electrons. The van der Waals surface area contributed by atoms with Gasteiger partial charge in [0.2, 0.25) is 0 Å². The van der Waals surface area contributed by atoms with E-state index in [2.05, 4.69) is 24.1 Å². The lowest BCUT2D eigenvalue weighted by Gasteiger charge is -2.29. The zero-order valence-corrected chi connectivity index (χ0v) is 16.5. The van der Waals surface area contributed by atoms with Gasteiger partial charge in [0.15, 0.2) is 0 Å². The number of aliphatic hydroxyl groups is 1. The highest BCUT2D eigenvalue weighted by atomic mass is 35.5. The second-order valence-corrected chi connectivity index (χ2v) is 7.58. The molecule has 1 aromatic carbocycles. The van der Waals surface area contributed by atoms with Crippen LogP contribution in [0.3, 0.4) is 0 Å². The Bertz CT molecular complexity index is 705. The van der Waals surface area contributed by atoms with Crippen LogP contribution in [0.15, 0.2) is 24.3 Å². The number of benzene rings is 1. The van der Waals surface area contributed by atoms with Crippen molar-refractivity contribution in [3.63, 3.8) is 0 Å². The number of halogens is 1. The molecule has 0 radical (unpaired) electrons. The third-order valence-corrected chi connectivity index (χ3v) is 5.45. The standard InChI is InChI=1S/C20H29ClN4O/c1-15-20(14-22-10-3-11-24-12-8-19(26)9-13-24)16(2)25(23-15)18-6-4-17(21)5-7-18/h4-7,19,22,26H,3,8-14H2,1-2H3. The molecule has 0 atom stereocenters. The maximum atomic E-state index is 9.56. The van der Waals surface area contributed by atoms with E-state index in [-0.39, 0.29) is 6.10 Å². The normalized spacial score (nSPS) is 16.3. The Morgan fingerprint density at radius 2 is 1.88 bits per heavy atom. The van der Waals surface area contributed by atoms with E-state index in [4.69, 9.17) is 16.7 Å². The van der Waals surface area contributed by atoms with Gasteiger partial charge in [0, 0.05) is 35.9 Å². The summed E-state index contributed by atoms with van der Waals surface area (Å²) in [4.78, 5) is 2.45. The predicted molar refractivity (Wildman–Crippen MR) is 106 cm³/mol. The van der Waals surface area contributed by atoms with Crippen molar-refractivity contribution in [3.8, 4) is 5.69 Å². The van der Waals surface area contributed by atoms with Crippen molar-refractivity contribution < 1.29 is 5.11 Å². The molecule has 0 spiro atoms. The number of hydrogen-bond donors (Lipinski definition) is 2. The molecule has 0 bridgehead atoms. The van der Waals surface area contributed by atoms with Gasteiger partial charge in [0.1, 0.15) is 0 Å². The molecule has 2 heterocycles. The number of rotatable bonds is 7. The minimum absolute atomic E-state index is 0.0903. The number of hydrogen-bond acceptors (Lipinski definition) is 4. The summed E-state index contributed by atoms with van der Waals surface area (Å²) in [5, 5.41) is 18.5. The Morgan fingerprint density at radius 1 is 1.19 bits per heavy atom. The summed E-state index contributed by atoms with van der Waals surface area (Å²) >= 11 is 5.98. The molecule has 0 amide bonds. The molecule has 1 aliphatic heterocycles. The zero-order valence-electron chi connectivity index (χ0n) is 15.7. The van der Waals surface area contributed by atoms with E-state index in [9.17, 15) is 5.11 Å². The van der Waals surface area contributed by atoms with Crippen molar-refractivity contribution in [3.05, 3.63) is 46.2 Å². The number of aryl methyl sites for hydroxylation is 1. The van der Waals surface area contributed by atoms with Crippen LogP contribution in [0.1, 0.15) is 36.2 Å². The maximum Gasteiger partial charge on any atom is 0.0649 e. The van der Waals surface area contributed by atoms with Gasteiger partial charge in [-0.15, -0.1) is 0 Å². The zero-order chi connectivity index (χ0) is 18.5. The molecular formula is C20H29ClN4O. The van der Waals surface area contributed by atoms with Crippen LogP contribution in [-0.2, 0) is 6.54 Å². The number of likely N-dealkylation sites (tertiary alicyclic amines) is 1. The molecule has 2 N–H and O–H groups in total. The van der Waals surface area contributed by atoms with Crippen LogP contribution < -0.4 is 5.32 Å². The van der Waals surface area contributed by atoms with Crippen LogP contribution in [0.25, 0.3) is 5.69 Å². The third kappa shape index (κ3) is 4.86. The van der Waals surface area contributed by atoms with E-state index in [1.807, 2.05) is 28.9 Å². The molecule has 1 aliphatic rings. The molecule has 1 fully saturated rings. The highest BCUT2D eigenvalue weighted by Crippen LogP contribution is 2.19. The first kappa shape index (κ1) is 19.4. The van der Waals surface area contributed by atoms with Crippen molar-refractivity contribution in [1.29, 1.82) is 0 Å². The second kappa shape index (κ2) is 9.00. The highest BCUT2D eigenvalue weighted by molar-refractivity contribution is 6.30. The van der Waals surface area contributed by atoms with E-state index >= 15 is 0 Å². The summed E-state index contributed by atoms with van der Waals surface area (Å²) in [6.07, 6.45) is 2.86. The molecule has 1 aromatic heterocycles. The minimum atomic E-state index is -0.0903. The largest absolute Gasteiger partial charge is 0.393 e. The van der Waals surface area contributed by atoms with E-state index in [0.717, 1.165) is 68.4 Å². The third-order valence-electron chi connectivity index (χ3n) is 5.20. The van der Waals surface area contributed by atoms with Gasteiger partial charge < -0.3 is 15.3 Å². The average Bonchev–Trinajstić information content (AvgIpc) is 2.91. The van der Waals surface area contributed by atoms with E-state index in [0.29, 0.717) is 0 Å². The lowest BCUT2D eigenvalue weighted by atomic mass is 10.1.